The molecule has 0 aliphatic carbocycles. The van der Waals surface area contributed by atoms with E-state index >= 15 is 0 Å². The van der Waals surface area contributed by atoms with Crippen molar-refractivity contribution in [2.45, 2.75) is 6.92 Å². The quantitative estimate of drug-likeness (QED) is 0.467. The molecule has 1 aromatic heterocycles. The number of aryl methyl sites for hydroxylation is 1. The Hall–Kier alpha value is -1.36. The third-order valence-electron chi connectivity index (χ3n) is 2.52. The number of nitrogens with two attached hydrogens (primary N) is 1. The van der Waals surface area contributed by atoms with Gasteiger partial charge >= 0.3 is 0 Å². The van der Waals surface area contributed by atoms with Gasteiger partial charge in [0.15, 0.2) is 11.0 Å². The number of benzene rings is 1. The Labute approximate surface area is 143 Å². The van der Waals surface area contributed by atoms with Crippen molar-refractivity contribution in [3.8, 4) is 11.4 Å². The van der Waals surface area contributed by atoms with Gasteiger partial charge in [-0.25, -0.2) is 19.0 Å². The highest BCUT2D eigenvalue weighted by Gasteiger charge is 2.15. The van der Waals surface area contributed by atoms with Gasteiger partial charge in [-0.2, -0.15) is 5.10 Å². The van der Waals surface area contributed by atoms with E-state index in [1.165, 1.54) is 35.9 Å². The molecule has 21 heavy (non-hydrogen) atoms. The molecule has 0 saturated heterocycles. The van der Waals surface area contributed by atoms with Crippen LogP contribution in [0.1, 0.15) is 5.82 Å². The zero-order valence-corrected chi connectivity index (χ0v) is 14.8. The number of hydrogen-bond acceptors (Lipinski definition) is 5. The van der Waals surface area contributed by atoms with Gasteiger partial charge in [-0.05, 0) is 13.2 Å². The summed E-state index contributed by atoms with van der Waals surface area (Å²) in [5.74, 6) is 0.338. The average molecular weight is 423 g/mol. The number of halogens is 2. The maximum absolute atomic E-state index is 14.3. The Morgan fingerprint density at radius 2 is 2.19 bits per heavy atom. The largest absolute Gasteiger partial charge is 0.494 e. The molecule has 2 rings (SSSR count). The molecule has 114 valence electrons. The molecular weight excluding hydrogens is 408 g/mol. The molecule has 6 nitrogen and oxygen atoms in total. The lowest BCUT2D eigenvalue weighted by Gasteiger charge is -2.10. The third-order valence-corrected chi connectivity index (χ3v) is 3.03. The first-order valence-corrected chi connectivity index (χ1v) is 6.92. The summed E-state index contributed by atoms with van der Waals surface area (Å²) >= 11 is 1.28. The molecular formula is C12H15FIN5OS. The van der Waals surface area contributed by atoms with Crippen LogP contribution >= 0.6 is 35.7 Å². The molecule has 0 aliphatic rings. The number of amidine groups is 1. The number of methoxy groups -OCH3 is 1. The Morgan fingerprint density at radius 1 is 1.48 bits per heavy atom. The molecule has 0 spiro atoms. The van der Waals surface area contributed by atoms with Crippen molar-refractivity contribution in [1.29, 1.82) is 0 Å². The Kier molecular flexibility index (Phi) is 6.40. The summed E-state index contributed by atoms with van der Waals surface area (Å²) in [7, 11) is 1.45. The van der Waals surface area contributed by atoms with Crippen LogP contribution in [0.5, 0.6) is 5.75 Å². The number of rotatable bonds is 3. The number of thioether (sulfide) groups is 1. The van der Waals surface area contributed by atoms with Crippen molar-refractivity contribution in [3.05, 3.63) is 30.1 Å². The molecule has 1 aromatic carbocycles. The molecule has 0 unspecified atom stereocenters. The van der Waals surface area contributed by atoms with E-state index in [0.29, 0.717) is 22.4 Å². The average Bonchev–Trinajstić information content (AvgIpc) is 2.83. The SMILES string of the molecule is COc1cc(N=C(N)SC)cc(F)c1-n1cnc(C)n1.I. The molecule has 0 saturated carbocycles. The van der Waals surface area contributed by atoms with Crippen LogP contribution in [-0.4, -0.2) is 33.3 Å². The van der Waals surface area contributed by atoms with E-state index in [4.69, 9.17) is 10.5 Å². The fourth-order valence-electron chi connectivity index (χ4n) is 1.63. The second kappa shape index (κ2) is 7.59. The maximum atomic E-state index is 14.3. The molecule has 0 amide bonds. The molecule has 2 N–H and O–H groups in total. The van der Waals surface area contributed by atoms with Crippen molar-refractivity contribution < 1.29 is 9.13 Å². The first-order valence-electron chi connectivity index (χ1n) is 5.69. The molecule has 9 heteroatoms. The van der Waals surface area contributed by atoms with Gasteiger partial charge in [0.1, 0.15) is 23.6 Å². The molecule has 1 heterocycles. The molecule has 0 atom stereocenters. The highest BCUT2D eigenvalue weighted by Crippen LogP contribution is 2.31. The van der Waals surface area contributed by atoms with E-state index in [-0.39, 0.29) is 29.7 Å². The Balaban J connectivity index is 0.00000220. The van der Waals surface area contributed by atoms with Gasteiger partial charge in [0.05, 0.1) is 12.8 Å². The fraction of sp³-hybridized carbons (Fsp3) is 0.250. The van der Waals surface area contributed by atoms with Crippen LogP contribution < -0.4 is 10.5 Å². The number of aromatic nitrogens is 3. The van der Waals surface area contributed by atoms with Crippen molar-refractivity contribution in [2.75, 3.05) is 13.4 Å². The van der Waals surface area contributed by atoms with Crippen molar-refractivity contribution in [3.63, 3.8) is 0 Å². The highest BCUT2D eigenvalue weighted by molar-refractivity contribution is 14.0. The van der Waals surface area contributed by atoms with Gasteiger partial charge < -0.3 is 10.5 Å². The van der Waals surface area contributed by atoms with Crippen LogP contribution in [0.3, 0.4) is 0 Å². The summed E-state index contributed by atoms with van der Waals surface area (Å²) in [4.78, 5) is 8.05. The summed E-state index contributed by atoms with van der Waals surface area (Å²) < 4.78 is 20.8. The van der Waals surface area contributed by atoms with E-state index in [1.807, 2.05) is 0 Å². The monoisotopic (exact) mass is 423 g/mol. The van der Waals surface area contributed by atoms with Crippen LogP contribution in [0, 0.1) is 12.7 Å². The van der Waals surface area contributed by atoms with E-state index in [1.54, 1.807) is 19.2 Å². The minimum absolute atomic E-state index is 0. The Bertz CT molecular complexity index is 661. The van der Waals surface area contributed by atoms with Crippen LogP contribution in [0.2, 0.25) is 0 Å². The first-order chi connectivity index (χ1) is 9.55. The van der Waals surface area contributed by atoms with Crippen LogP contribution in [0.25, 0.3) is 5.69 Å². The van der Waals surface area contributed by atoms with Gasteiger partial charge in [-0.15, -0.1) is 24.0 Å². The zero-order chi connectivity index (χ0) is 14.7. The van der Waals surface area contributed by atoms with Gasteiger partial charge in [0, 0.05) is 12.1 Å². The molecule has 0 aliphatic heterocycles. The van der Waals surface area contributed by atoms with E-state index in [2.05, 4.69) is 15.1 Å². The Morgan fingerprint density at radius 3 is 2.71 bits per heavy atom. The van der Waals surface area contributed by atoms with Crippen LogP contribution in [0.4, 0.5) is 10.1 Å². The molecule has 0 fully saturated rings. The van der Waals surface area contributed by atoms with E-state index in [0.717, 1.165) is 0 Å². The standard InChI is InChI=1S/C12H14FN5OS.HI/c1-7-15-6-18(17-7)11-9(13)4-8(5-10(11)19-2)16-12(14)20-3;/h4-6H,1-3H3,(H2,14,16);1H. The van der Waals surface area contributed by atoms with Crippen molar-refractivity contribution in [2.24, 2.45) is 10.7 Å². The maximum Gasteiger partial charge on any atom is 0.158 e. The van der Waals surface area contributed by atoms with Gasteiger partial charge in [-0.3, -0.25) is 0 Å². The summed E-state index contributed by atoms with van der Waals surface area (Å²) in [5.41, 5.74) is 6.19. The normalized spacial score (nSPS) is 11.1. The third kappa shape index (κ3) is 4.06. The molecule has 2 aromatic rings. The molecule has 0 bridgehead atoms. The minimum atomic E-state index is -0.512. The second-order valence-electron chi connectivity index (χ2n) is 3.87. The predicted octanol–water partition coefficient (Wildman–Crippen LogP) is 2.65. The summed E-state index contributed by atoms with van der Waals surface area (Å²) in [6.07, 6.45) is 3.22. The zero-order valence-electron chi connectivity index (χ0n) is 11.7. The summed E-state index contributed by atoms with van der Waals surface area (Å²) in [6.45, 7) is 1.72. The van der Waals surface area contributed by atoms with E-state index < -0.39 is 5.82 Å². The van der Waals surface area contributed by atoms with Gasteiger partial charge in [0.2, 0.25) is 0 Å². The van der Waals surface area contributed by atoms with Crippen LogP contribution in [0.15, 0.2) is 23.5 Å². The van der Waals surface area contributed by atoms with Crippen molar-refractivity contribution >= 4 is 46.6 Å². The smallest absolute Gasteiger partial charge is 0.158 e. The van der Waals surface area contributed by atoms with Crippen LogP contribution in [-0.2, 0) is 0 Å². The summed E-state index contributed by atoms with van der Waals surface area (Å²) in [5, 5.41) is 4.42. The number of hydrogen-bond donors (Lipinski definition) is 1. The van der Waals surface area contributed by atoms with E-state index in [9.17, 15) is 4.39 Å². The lowest BCUT2D eigenvalue weighted by molar-refractivity contribution is 0.407. The number of aliphatic imine (C=N–C) groups is 1. The highest BCUT2D eigenvalue weighted by atomic mass is 127. The van der Waals surface area contributed by atoms with Gasteiger partial charge in [0.25, 0.3) is 0 Å². The van der Waals surface area contributed by atoms with Crippen molar-refractivity contribution in [1.82, 2.24) is 14.8 Å². The minimum Gasteiger partial charge on any atom is -0.494 e. The number of ether oxygens (including phenoxy) is 1. The lowest BCUT2D eigenvalue weighted by atomic mass is 10.2. The van der Waals surface area contributed by atoms with Gasteiger partial charge in [-0.1, -0.05) is 11.8 Å². The molecule has 0 radical (unpaired) electrons. The fourth-order valence-corrected chi connectivity index (χ4v) is 1.83. The lowest BCUT2D eigenvalue weighted by Crippen LogP contribution is -2.05. The predicted molar refractivity (Wildman–Crippen MR) is 92.8 cm³/mol. The summed E-state index contributed by atoms with van der Waals surface area (Å²) in [6, 6.07) is 2.87. The first kappa shape index (κ1) is 17.7. The number of nitrogens with zero attached hydrogens (tertiary/aromatic N) is 4. The topological polar surface area (TPSA) is 78.3 Å². The second-order valence-corrected chi connectivity index (χ2v) is 4.70.